The smallest absolute Gasteiger partial charge is 0.0650 e. The number of aliphatic hydroxyl groups excluding tert-OH is 1. The number of rotatable bonds is 2. The van der Waals surface area contributed by atoms with E-state index < -0.39 is 5.54 Å². The standard InChI is InChI=1S/C11H13NO/c1-3-9-4-6-10(7-5-9)11(2,12)8-13/h1,4-7,13H,8,12H2,2H3. The van der Waals surface area contributed by atoms with Crippen LogP contribution in [0.3, 0.4) is 0 Å². The number of hydrogen-bond acceptors (Lipinski definition) is 2. The molecule has 3 N–H and O–H groups in total. The van der Waals surface area contributed by atoms with Gasteiger partial charge in [-0.25, -0.2) is 0 Å². The van der Waals surface area contributed by atoms with Crippen LogP contribution < -0.4 is 5.73 Å². The molecule has 1 aromatic carbocycles. The Labute approximate surface area is 78.4 Å². The fourth-order valence-corrected chi connectivity index (χ4v) is 1.04. The van der Waals surface area contributed by atoms with Crippen LogP contribution in [0.4, 0.5) is 0 Å². The van der Waals surface area contributed by atoms with Gasteiger partial charge in [-0.1, -0.05) is 18.1 Å². The third-order valence-electron chi connectivity index (χ3n) is 2.04. The molecule has 0 fully saturated rings. The van der Waals surface area contributed by atoms with Crippen LogP contribution in [-0.2, 0) is 5.54 Å². The lowest BCUT2D eigenvalue weighted by Gasteiger charge is -2.22. The van der Waals surface area contributed by atoms with Gasteiger partial charge in [-0.2, -0.15) is 0 Å². The van der Waals surface area contributed by atoms with Crippen molar-refractivity contribution < 1.29 is 5.11 Å². The lowest BCUT2D eigenvalue weighted by molar-refractivity contribution is 0.210. The lowest BCUT2D eigenvalue weighted by Crippen LogP contribution is -2.36. The van der Waals surface area contributed by atoms with Crippen LogP contribution in [0.15, 0.2) is 24.3 Å². The summed E-state index contributed by atoms with van der Waals surface area (Å²) in [5, 5.41) is 9.01. The van der Waals surface area contributed by atoms with Gasteiger partial charge in [0, 0.05) is 5.56 Å². The monoisotopic (exact) mass is 175 g/mol. The number of nitrogens with two attached hydrogens (primary N) is 1. The molecule has 1 aromatic rings. The van der Waals surface area contributed by atoms with Gasteiger partial charge in [-0.05, 0) is 24.6 Å². The fourth-order valence-electron chi connectivity index (χ4n) is 1.04. The van der Waals surface area contributed by atoms with Gasteiger partial charge in [0.2, 0.25) is 0 Å². The highest BCUT2D eigenvalue weighted by atomic mass is 16.3. The highest BCUT2D eigenvalue weighted by molar-refractivity contribution is 5.36. The van der Waals surface area contributed by atoms with Crippen molar-refractivity contribution in [2.45, 2.75) is 12.5 Å². The highest BCUT2D eigenvalue weighted by Crippen LogP contribution is 2.16. The second-order valence-electron chi connectivity index (χ2n) is 3.30. The van der Waals surface area contributed by atoms with Gasteiger partial charge in [0.25, 0.3) is 0 Å². The summed E-state index contributed by atoms with van der Waals surface area (Å²) in [7, 11) is 0. The Hall–Kier alpha value is -1.30. The average Bonchev–Trinajstić information content (AvgIpc) is 2.18. The molecule has 0 aliphatic carbocycles. The van der Waals surface area contributed by atoms with E-state index in [4.69, 9.17) is 17.3 Å². The zero-order valence-electron chi connectivity index (χ0n) is 7.62. The number of hydrogen-bond donors (Lipinski definition) is 2. The summed E-state index contributed by atoms with van der Waals surface area (Å²) in [6, 6.07) is 7.31. The van der Waals surface area contributed by atoms with E-state index in [1.807, 2.05) is 24.3 Å². The molecular weight excluding hydrogens is 162 g/mol. The summed E-state index contributed by atoms with van der Waals surface area (Å²) in [4.78, 5) is 0. The maximum Gasteiger partial charge on any atom is 0.0650 e. The minimum absolute atomic E-state index is 0.0810. The lowest BCUT2D eigenvalue weighted by atomic mass is 9.93. The molecule has 0 radical (unpaired) electrons. The van der Waals surface area contributed by atoms with Gasteiger partial charge in [0.05, 0.1) is 12.1 Å². The Bertz CT molecular complexity index is 319. The normalized spacial score (nSPS) is 14.6. The largest absolute Gasteiger partial charge is 0.394 e. The summed E-state index contributed by atoms with van der Waals surface area (Å²) in [5.74, 6) is 2.52. The van der Waals surface area contributed by atoms with Crippen molar-refractivity contribution in [3.05, 3.63) is 35.4 Å². The van der Waals surface area contributed by atoms with Crippen LogP contribution in [0.25, 0.3) is 0 Å². The van der Waals surface area contributed by atoms with E-state index in [-0.39, 0.29) is 6.61 Å². The molecule has 68 valence electrons. The highest BCUT2D eigenvalue weighted by Gasteiger charge is 2.18. The minimum atomic E-state index is -0.687. The second kappa shape index (κ2) is 3.61. The van der Waals surface area contributed by atoms with Crippen LogP contribution in [0.5, 0.6) is 0 Å². The SMILES string of the molecule is C#Cc1ccc(C(C)(N)CO)cc1. The predicted octanol–water partition coefficient (Wildman–Crippen LogP) is 0.834. The summed E-state index contributed by atoms with van der Waals surface area (Å²) in [6.45, 7) is 1.69. The second-order valence-corrected chi connectivity index (χ2v) is 3.30. The van der Waals surface area contributed by atoms with E-state index in [1.165, 1.54) is 0 Å². The Morgan fingerprint density at radius 3 is 2.38 bits per heavy atom. The predicted molar refractivity (Wildman–Crippen MR) is 53.0 cm³/mol. The van der Waals surface area contributed by atoms with E-state index in [0.29, 0.717) is 0 Å². The van der Waals surface area contributed by atoms with Gasteiger partial charge >= 0.3 is 0 Å². The van der Waals surface area contributed by atoms with Crippen molar-refractivity contribution in [2.75, 3.05) is 6.61 Å². The van der Waals surface area contributed by atoms with Crippen LogP contribution in [0.1, 0.15) is 18.1 Å². The molecule has 1 unspecified atom stereocenters. The van der Waals surface area contributed by atoms with E-state index in [2.05, 4.69) is 5.92 Å². The molecular formula is C11H13NO. The minimum Gasteiger partial charge on any atom is -0.394 e. The van der Waals surface area contributed by atoms with Crippen molar-refractivity contribution >= 4 is 0 Å². The zero-order chi connectivity index (χ0) is 9.90. The number of aliphatic hydroxyl groups is 1. The third kappa shape index (κ3) is 2.09. The van der Waals surface area contributed by atoms with Crippen molar-refractivity contribution in [3.63, 3.8) is 0 Å². The van der Waals surface area contributed by atoms with Gasteiger partial charge in [0.1, 0.15) is 0 Å². The van der Waals surface area contributed by atoms with Crippen molar-refractivity contribution in [1.82, 2.24) is 0 Å². The molecule has 2 nitrogen and oxygen atoms in total. The van der Waals surface area contributed by atoms with Crippen LogP contribution >= 0.6 is 0 Å². The molecule has 0 heterocycles. The first-order valence-electron chi connectivity index (χ1n) is 4.07. The first-order chi connectivity index (χ1) is 6.10. The van der Waals surface area contributed by atoms with Crippen molar-refractivity contribution in [1.29, 1.82) is 0 Å². The Morgan fingerprint density at radius 1 is 1.46 bits per heavy atom. The summed E-state index contributed by atoms with van der Waals surface area (Å²) >= 11 is 0. The molecule has 0 saturated heterocycles. The molecule has 13 heavy (non-hydrogen) atoms. The van der Waals surface area contributed by atoms with E-state index in [1.54, 1.807) is 6.92 Å². The molecule has 1 rings (SSSR count). The average molecular weight is 175 g/mol. The van der Waals surface area contributed by atoms with Gasteiger partial charge < -0.3 is 10.8 Å². The van der Waals surface area contributed by atoms with Gasteiger partial charge in [-0.3, -0.25) is 0 Å². The molecule has 0 spiro atoms. The molecule has 0 amide bonds. The Balaban J connectivity index is 3.00. The molecule has 0 bridgehead atoms. The number of benzene rings is 1. The summed E-state index contributed by atoms with van der Waals surface area (Å²) < 4.78 is 0. The summed E-state index contributed by atoms with van der Waals surface area (Å²) in [6.07, 6.45) is 5.21. The first kappa shape index (κ1) is 9.79. The van der Waals surface area contributed by atoms with E-state index in [0.717, 1.165) is 11.1 Å². The summed E-state index contributed by atoms with van der Waals surface area (Å²) in [5.41, 5.74) is 6.84. The molecule has 1 atom stereocenters. The quantitative estimate of drug-likeness (QED) is 0.654. The Kier molecular flexibility index (Phi) is 2.72. The first-order valence-corrected chi connectivity index (χ1v) is 4.07. The Morgan fingerprint density at radius 2 is 2.00 bits per heavy atom. The molecule has 0 aromatic heterocycles. The zero-order valence-corrected chi connectivity index (χ0v) is 7.62. The maximum absolute atomic E-state index is 9.01. The number of terminal acetylenes is 1. The van der Waals surface area contributed by atoms with E-state index >= 15 is 0 Å². The van der Waals surface area contributed by atoms with Gasteiger partial charge in [0.15, 0.2) is 0 Å². The maximum atomic E-state index is 9.01. The molecule has 0 aliphatic rings. The third-order valence-corrected chi connectivity index (χ3v) is 2.04. The van der Waals surface area contributed by atoms with Crippen LogP contribution in [0, 0.1) is 12.3 Å². The van der Waals surface area contributed by atoms with Gasteiger partial charge in [-0.15, -0.1) is 6.42 Å². The van der Waals surface area contributed by atoms with Crippen molar-refractivity contribution in [2.24, 2.45) is 5.73 Å². The molecule has 0 aliphatic heterocycles. The van der Waals surface area contributed by atoms with Crippen LogP contribution in [-0.4, -0.2) is 11.7 Å². The van der Waals surface area contributed by atoms with Crippen molar-refractivity contribution in [3.8, 4) is 12.3 Å². The van der Waals surface area contributed by atoms with E-state index in [9.17, 15) is 0 Å². The molecule has 0 saturated carbocycles. The topological polar surface area (TPSA) is 46.2 Å². The van der Waals surface area contributed by atoms with Crippen LogP contribution in [0.2, 0.25) is 0 Å². The fraction of sp³-hybridized carbons (Fsp3) is 0.273. The molecule has 2 heteroatoms.